The molecule has 0 saturated heterocycles. The molecule has 116 valence electrons. The standard InChI is InChI=1S/C17H13FN2O2S/c18-14-11-13(20(21)22)8-9-15(14)19-17(16-7-4-10-23-16)12-5-2-1-3-6-12/h1-11,17,19H/t17-/m0/s1. The van der Waals surface area contributed by atoms with E-state index in [1.165, 1.54) is 12.1 Å². The third-order valence-corrected chi connectivity index (χ3v) is 4.36. The molecule has 0 bridgehead atoms. The van der Waals surface area contributed by atoms with Gasteiger partial charge in [0.2, 0.25) is 0 Å². The van der Waals surface area contributed by atoms with E-state index in [2.05, 4.69) is 5.32 Å². The number of hydrogen-bond donors (Lipinski definition) is 1. The first-order valence-corrected chi connectivity index (χ1v) is 7.82. The summed E-state index contributed by atoms with van der Waals surface area (Å²) in [7, 11) is 0. The van der Waals surface area contributed by atoms with Gasteiger partial charge < -0.3 is 5.32 Å². The first-order valence-electron chi connectivity index (χ1n) is 6.94. The van der Waals surface area contributed by atoms with E-state index < -0.39 is 10.7 Å². The van der Waals surface area contributed by atoms with Gasteiger partial charge in [0.1, 0.15) is 0 Å². The predicted octanol–water partition coefficient (Wildman–Crippen LogP) is 5.00. The second-order valence-electron chi connectivity index (χ2n) is 4.92. The van der Waals surface area contributed by atoms with Crippen LogP contribution in [0.1, 0.15) is 16.5 Å². The Labute approximate surface area is 136 Å². The van der Waals surface area contributed by atoms with Crippen molar-refractivity contribution in [3.63, 3.8) is 0 Å². The lowest BCUT2D eigenvalue weighted by atomic mass is 10.0. The largest absolute Gasteiger partial charge is 0.371 e. The number of nitro groups is 1. The van der Waals surface area contributed by atoms with Gasteiger partial charge >= 0.3 is 0 Å². The molecule has 0 aliphatic heterocycles. The lowest BCUT2D eigenvalue weighted by molar-refractivity contribution is -0.385. The zero-order chi connectivity index (χ0) is 16.2. The van der Waals surface area contributed by atoms with Crippen LogP contribution in [0.2, 0.25) is 0 Å². The van der Waals surface area contributed by atoms with Gasteiger partial charge in [-0.15, -0.1) is 11.3 Å². The number of non-ortho nitro benzene ring substituents is 1. The topological polar surface area (TPSA) is 55.2 Å². The molecule has 0 radical (unpaired) electrons. The van der Waals surface area contributed by atoms with E-state index in [0.29, 0.717) is 0 Å². The van der Waals surface area contributed by atoms with Crippen LogP contribution in [0.4, 0.5) is 15.8 Å². The minimum Gasteiger partial charge on any atom is -0.371 e. The molecule has 1 atom stereocenters. The number of hydrogen-bond acceptors (Lipinski definition) is 4. The van der Waals surface area contributed by atoms with Crippen LogP contribution in [0, 0.1) is 15.9 Å². The van der Waals surface area contributed by atoms with Crippen LogP contribution in [0.15, 0.2) is 66.0 Å². The zero-order valence-electron chi connectivity index (χ0n) is 12.0. The Morgan fingerprint density at radius 3 is 2.48 bits per heavy atom. The molecule has 0 spiro atoms. The third kappa shape index (κ3) is 3.37. The van der Waals surface area contributed by atoms with Crippen LogP contribution in [-0.4, -0.2) is 4.92 Å². The maximum Gasteiger partial charge on any atom is 0.272 e. The number of benzene rings is 2. The third-order valence-electron chi connectivity index (χ3n) is 3.42. The van der Waals surface area contributed by atoms with Crippen molar-refractivity contribution in [1.82, 2.24) is 0 Å². The summed E-state index contributed by atoms with van der Waals surface area (Å²) in [6, 6.07) is 17.0. The van der Waals surface area contributed by atoms with E-state index >= 15 is 0 Å². The minimum atomic E-state index is -0.642. The predicted molar refractivity (Wildman–Crippen MR) is 89.3 cm³/mol. The van der Waals surface area contributed by atoms with Gasteiger partial charge in [0.05, 0.1) is 22.7 Å². The number of nitro benzene ring substituents is 1. The molecule has 0 aliphatic carbocycles. The number of rotatable bonds is 5. The first-order chi connectivity index (χ1) is 11.1. The van der Waals surface area contributed by atoms with Crippen LogP contribution in [0.3, 0.4) is 0 Å². The van der Waals surface area contributed by atoms with Crippen LogP contribution >= 0.6 is 11.3 Å². The number of nitrogens with zero attached hydrogens (tertiary/aromatic N) is 1. The van der Waals surface area contributed by atoms with Crippen LogP contribution in [0.5, 0.6) is 0 Å². The fourth-order valence-electron chi connectivity index (χ4n) is 2.31. The van der Waals surface area contributed by atoms with E-state index in [-0.39, 0.29) is 17.4 Å². The lowest BCUT2D eigenvalue weighted by Crippen LogP contribution is -2.12. The smallest absolute Gasteiger partial charge is 0.272 e. The maximum atomic E-state index is 14.2. The highest BCUT2D eigenvalue weighted by Gasteiger charge is 2.18. The Morgan fingerprint density at radius 2 is 1.87 bits per heavy atom. The van der Waals surface area contributed by atoms with Crippen LogP contribution < -0.4 is 5.32 Å². The van der Waals surface area contributed by atoms with Crippen molar-refractivity contribution in [3.05, 3.63) is 92.4 Å². The molecular formula is C17H13FN2O2S. The summed E-state index contributed by atoms with van der Waals surface area (Å²) < 4.78 is 14.2. The summed E-state index contributed by atoms with van der Waals surface area (Å²) in [5.74, 6) is -0.642. The van der Waals surface area contributed by atoms with Crippen molar-refractivity contribution in [3.8, 4) is 0 Å². The number of thiophene rings is 1. The molecule has 0 aliphatic rings. The van der Waals surface area contributed by atoms with Crippen molar-refractivity contribution < 1.29 is 9.31 Å². The van der Waals surface area contributed by atoms with E-state index in [0.717, 1.165) is 16.5 Å². The summed E-state index contributed by atoms with van der Waals surface area (Å²) in [5.41, 5.74) is 0.964. The molecule has 1 heterocycles. The fourth-order valence-corrected chi connectivity index (χ4v) is 3.11. The SMILES string of the molecule is O=[N+]([O-])c1ccc(N[C@@H](c2ccccc2)c2cccs2)c(F)c1. The van der Waals surface area contributed by atoms with Gasteiger partial charge in [-0.2, -0.15) is 0 Å². The van der Waals surface area contributed by atoms with Gasteiger partial charge in [0.25, 0.3) is 5.69 Å². The van der Waals surface area contributed by atoms with E-state index in [4.69, 9.17) is 0 Å². The summed E-state index contributed by atoms with van der Waals surface area (Å²) in [6.07, 6.45) is 0. The molecule has 23 heavy (non-hydrogen) atoms. The van der Waals surface area contributed by atoms with Gasteiger partial charge in [0.15, 0.2) is 5.82 Å². The molecule has 3 aromatic rings. The highest BCUT2D eigenvalue weighted by Crippen LogP contribution is 2.31. The van der Waals surface area contributed by atoms with Crippen LogP contribution in [-0.2, 0) is 0 Å². The average molecular weight is 328 g/mol. The van der Waals surface area contributed by atoms with Crippen molar-refractivity contribution in [2.75, 3.05) is 5.32 Å². The molecule has 4 nitrogen and oxygen atoms in total. The number of nitrogens with one attached hydrogen (secondary N) is 1. The Hall–Kier alpha value is -2.73. The molecule has 2 aromatic carbocycles. The Morgan fingerprint density at radius 1 is 1.09 bits per heavy atom. The minimum absolute atomic E-state index is 0.216. The lowest BCUT2D eigenvalue weighted by Gasteiger charge is -2.19. The second-order valence-corrected chi connectivity index (χ2v) is 5.90. The highest BCUT2D eigenvalue weighted by atomic mass is 32.1. The summed E-state index contributed by atoms with van der Waals surface area (Å²) in [5, 5.41) is 15.8. The highest BCUT2D eigenvalue weighted by molar-refractivity contribution is 7.10. The van der Waals surface area contributed by atoms with E-state index in [1.807, 2.05) is 47.8 Å². The maximum absolute atomic E-state index is 14.2. The molecular weight excluding hydrogens is 315 g/mol. The van der Waals surface area contributed by atoms with Gasteiger partial charge in [-0.1, -0.05) is 36.4 Å². The van der Waals surface area contributed by atoms with Crippen molar-refractivity contribution >= 4 is 22.7 Å². The molecule has 0 amide bonds. The summed E-state index contributed by atoms with van der Waals surface area (Å²) in [6.45, 7) is 0. The molecule has 3 rings (SSSR count). The van der Waals surface area contributed by atoms with Gasteiger partial charge in [-0.25, -0.2) is 4.39 Å². The van der Waals surface area contributed by atoms with Crippen molar-refractivity contribution in [2.24, 2.45) is 0 Å². The van der Waals surface area contributed by atoms with Crippen molar-refractivity contribution in [1.29, 1.82) is 0 Å². The van der Waals surface area contributed by atoms with Gasteiger partial charge in [-0.3, -0.25) is 10.1 Å². The monoisotopic (exact) mass is 328 g/mol. The summed E-state index contributed by atoms with van der Waals surface area (Å²) >= 11 is 1.57. The zero-order valence-corrected chi connectivity index (χ0v) is 12.8. The quantitative estimate of drug-likeness (QED) is 0.530. The molecule has 0 fully saturated rings. The Kier molecular flexibility index (Phi) is 4.34. The summed E-state index contributed by atoms with van der Waals surface area (Å²) in [4.78, 5) is 11.1. The molecule has 1 aromatic heterocycles. The average Bonchev–Trinajstić information content (AvgIpc) is 3.08. The Bertz CT molecular complexity index is 807. The molecule has 0 saturated carbocycles. The number of halogens is 1. The second kappa shape index (κ2) is 6.58. The first kappa shape index (κ1) is 15.2. The van der Waals surface area contributed by atoms with E-state index in [1.54, 1.807) is 11.3 Å². The van der Waals surface area contributed by atoms with Gasteiger partial charge in [-0.05, 0) is 23.1 Å². The van der Waals surface area contributed by atoms with E-state index in [9.17, 15) is 14.5 Å². The fraction of sp³-hybridized carbons (Fsp3) is 0.0588. The van der Waals surface area contributed by atoms with Gasteiger partial charge in [0, 0.05) is 10.9 Å². The van der Waals surface area contributed by atoms with Crippen molar-refractivity contribution in [2.45, 2.75) is 6.04 Å². The molecule has 1 N–H and O–H groups in total. The van der Waals surface area contributed by atoms with Crippen LogP contribution in [0.25, 0.3) is 0 Å². The number of anilines is 1. The molecule has 0 unspecified atom stereocenters. The normalized spacial score (nSPS) is 11.9. The Balaban J connectivity index is 1.95. The molecule has 6 heteroatoms.